The van der Waals surface area contributed by atoms with E-state index >= 15 is 0 Å². The number of hydrogen-bond donors (Lipinski definition) is 0. The summed E-state index contributed by atoms with van der Waals surface area (Å²) in [4.78, 5) is 13.6. The molecule has 0 atom stereocenters. The minimum atomic E-state index is -0.466. The Bertz CT molecular complexity index is 452. The lowest BCUT2D eigenvalue weighted by atomic mass is 10.2. The molecule has 0 fully saturated rings. The minimum absolute atomic E-state index is 0.289. The Morgan fingerprint density at radius 1 is 1.33 bits per heavy atom. The van der Waals surface area contributed by atoms with Crippen LogP contribution in [0, 0.1) is 0 Å². The van der Waals surface area contributed by atoms with E-state index in [0.717, 1.165) is 17.5 Å². The van der Waals surface area contributed by atoms with Gasteiger partial charge < -0.3 is 9.30 Å². The normalized spacial score (nSPS) is 15.4. The Hall–Kier alpha value is -1.24. The Balaban J connectivity index is 2.06. The summed E-state index contributed by atoms with van der Waals surface area (Å²) in [6, 6.07) is 0. The second-order valence-corrected chi connectivity index (χ2v) is 5.93. The van der Waals surface area contributed by atoms with Crippen molar-refractivity contribution in [1.82, 2.24) is 19.7 Å². The van der Waals surface area contributed by atoms with Crippen molar-refractivity contribution in [3.05, 3.63) is 5.82 Å². The third-order valence-electron chi connectivity index (χ3n) is 2.55. The van der Waals surface area contributed by atoms with Crippen LogP contribution in [0.15, 0.2) is 5.16 Å². The molecule has 1 aromatic heterocycles. The third kappa shape index (κ3) is 2.77. The van der Waals surface area contributed by atoms with Gasteiger partial charge in [0.2, 0.25) is 0 Å². The molecule has 0 spiro atoms. The number of ether oxygens (including phenoxy) is 1. The van der Waals surface area contributed by atoms with E-state index in [0.29, 0.717) is 13.1 Å². The molecule has 100 valence electrons. The third-order valence-corrected chi connectivity index (χ3v) is 3.22. The lowest BCUT2D eigenvalue weighted by Gasteiger charge is -2.30. The second kappa shape index (κ2) is 4.79. The summed E-state index contributed by atoms with van der Waals surface area (Å²) in [7, 11) is 0. The average molecular weight is 270 g/mol. The zero-order valence-corrected chi connectivity index (χ0v) is 12.0. The molecular weight excluding hydrogens is 252 g/mol. The molecular formula is C11H18N4O2S. The SMILES string of the molecule is CSc1nnc2n1CCN(C(=O)OC(C)(C)C)C2. The summed E-state index contributed by atoms with van der Waals surface area (Å²) < 4.78 is 7.40. The van der Waals surface area contributed by atoms with Crippen molar-refractivity contribution in [2.24, 2.45) is 0 Å². The van der Waals surface area contributed by atoms with Gasteiger partial charge in [-0.05, 0) is 27.0 Å². The molecule has 0 aromatic carbocycles. The first-order chi connectivity index (χ1) is 8.40. The summed E-state index contributed by atoms with van der Waals surface area (Å²) in [5.41, 5.74) is -0.466. The topological polar surface area (TPSA) is 60.2 Å². The van der Waals surface area contributed by atoms with Crippen molar-refractivity contribution < 1.29 is 9.53 Å². The number of thioether (sulfide) groups is 1. The number of rotatable bonds is 1. The first kappa shape index (κ1) is 13.2. The van der Waals surface area contributed by atoms with Gasteiger partial charge in [0.25, 0.3) is 0 Å². The molecule has 0 aliphatic carbocycles. The number of nitrogens with zero attached hydrogens (tertiary/aromatic N) is 4. The molecule has 0 saturated carbocycles. The van der Waals surface area contributed by atoms with Crippen LogP contribution in [0.1, 0.15) is 26.6 Å². The van der Waals surface area contributed by atoms with Crippen LogP contribution in [-0.2, 0) is 17.8 Å². The van der Waals surface area contributed by atoms with Gasteiger partial charge in [0.15, 0.2) is 11.0 Å². The molecule has 6 nitrogen and oxygen atoms in total. The Labute approximate surface area is 111 Å². The van der Waals surface area contributed by atoms with E-state index in [-0.39, 0.29) is 6.09 Å². The molecule has 1 aliphatic rings. The lowest BCUT2D eigenvalue weighted by Crippen LogP contribution is -2.41. The van der Waals surface area contributed by atoms with Gasteiger partial charge in [0.05, 0.1) is 6.54 Å². The highest BCUT2D eigenvalue weighted by atomic mass is 32.2. The molecule has 18 heavy (non-hydrogen) atoms. The second-order valence-electron chi connectivity index (χ2n) is 5.16. The van der Waals surface area contributed by atoms with Gasteiger partial charge in [0.1, 0.15) is 5.60 Å². The molecule has 0 bridgehead atoms. The molecule has 0 N–H and O–H groups in total. The van der Waals surface area contributed by atoms with E-state index in [1.165, 1.54) is 0 Å². The maximum atomic E-state index is 11.9. The fourth-order valence-corrected chi connectivity index (χ4v) is 2.30. The smallest absolute Gasteiger partial charge is 0.410 e. The van der Waals surface area contributed by atoms with Crippen molar-refractivity contribution in [3.8, 4) is 0 Å². The fraction of sp³-hybridized carbons (Fsp3) is 0.727. The van der Waals surface area contributed by atoms with E-state index in [1.807, 2.05) is 31.6 Å². The van der Waals surface area contributed by atoms with Crippen LogP contribution in [0.2, 0.25) is 0 Å². The standard InChI is InChI=1S/C11H18N4O2S/c1-11(2,3)17-10(16)14-5-6-15-8(7-14)12-13-9(15)18-4/h5-7H2,1-4H3. The van der Waals surface area contributed by atoms with Crippen LogP contribution in [0.5, 0.6) is 0 Å². The molecule has 1 aromatic rings. The van der Waals surface area contributed by atoms with Crippen LogP contribution >= 0.6 is 11.8 Å². The number of carbonyl (C=O) groups is 1. The van der Waals surface area contributed by atoms with Gasteiger partial charge >= 0.3 is 6.09 Å². The van der Waals surface area contributed by atoms with Gasteiger partial charge in [-0.3, -0.25) is 4.90 Å². The Kier molecular flexibility index (Phi) is 3.52. The summed E-state index contributed by atoms with van der Waals surface area (Å²) in [6.45, 7) is 7.41. The van der Waals surface area contributed by atoms with Gasteiger partial charge in [-0.15, -0.1) is 10.2 Å². The van der Waals surface area contributed by atoms with E-state index in [4.69, 9.17) is 4.74 Å². The molecule has 2 rings (SSSR count). The van der Waals surface area contributed by atoms with Gasteiger partial charge in [0, 0.05) is 13.1 Å². The van der Waals surface area contributed by atoms with Crippen molar-refractivity contribution in [3.63, 3.8) is 0 Å². The van der Waals surface area contributed by atoms with Crippen molar-refractivity contribution >= 4 is 17.9 Å². The van der Waals surface area contributed by atoms with Gasteiger partial charge in [-0.25, -0.2) is 4.79 Å². The summed E-state index contributed by atoms with van der Waals surface area (Å²) in [5.74, 6) is 0.816. The zero-order valence-electron chi connectivity index (χ0n) is 11.1. The van der Waals surface area contributed by atoms with Gasteiger partial charge in [-0.2, -0.15) is 0 Å². The highest BCUT2D eigenvalue weighted by molar-refractivity contribution is 7.98. The average Bonchev–Trinajstić information content (AvgIpc) is 2.68. The van der Waals surface area contributed by atoms with Crippen molar-refractivity contribution in [1.29, 1.82) is 0 Å². The highest BCUT2D eigenvalue weighted by Gasteiger charge is 2.27. The molecule has 2 heterocycles. The van der Waals surface area contributed by atoms with E-state index in [1.54, 1.807) is 16.7 Å². The summed E-state index contributed by atoms with van der Waals surface area (Å²) in [6.07, 6.45) is 1.68. The van der Waals surface area contributed by atoms with Crippen LogP contribution < -0.4 is 0 Å². The molecule has 7 heteroatoms. The minimum Gasteiger partial charge on any atom is -0.444 e. The maximum Gasteiger partial charge on any atom is 0.410 e. The van der Waals surface area contributed by atoms with Crippen LogP contribution in [0.4, 0.5) is 4.79 Å². The maximum absolute atomic E-state index is 11.9. The number of aromatic nitrogens is 3. The van der Waals surface area contributed by atoms with Crippen LogP contribution in [0.3, 0.4) is 0 Å². The Morgan fingerprint density at radius 2 is 2.06 bits per heavy atom. The number of amides is 1. The van der Waals surface area contributed by atoms with Crippen molar-refractivity contribution in [2.45, 2.75) is 44.6 Å². The Morgan fingerprint density at radius 3 is 2.67 bits per heavy atom. The molecule has 0 saturated heterocycles. The predicted molar refractivity (Wildman–Crippen MR) is 68.4 cm³/mol. The van der Waals surface area contributed by atoms with Crippen LogP contribution in [-0.4, -0.2) is 44.2 Å². The van der Waals surface area contributed by atoms with E-state index in [2.05, 4.69) is 10.2 Å². The fourth-order valence-electron chi connectivity index (χ4n) is 1.76. The molecule has 0 unspecified atom stereocenters. The zero-order chi connectivity index (χ0) is 13.3. The number of fused-ring (bicyclic) bond motifs is 1. The largest absolute Gasteiger partial charge is 0.444 e. The molecule has 1 amide bonds. The lowest BCUT2D eigenvalue weighted by molar-refractivity contribution is 0.0192. The highest BCUT2D eigenvalue weighted by Crippen LogP contribution is 2.20. The summed E-state index contributed by atoms with van der Waals surface area (Å²) in [5, 5.41) is 9.08. The monoisotopic (exact) mass is 270 g/mol. The van der Waals surface area contributed by atoms with E-state index in [9.17, 15) is 4.79 Å². The molecule has 0 radical (unpaired) electrons. The van der Waals surface area contributed by atoms with Crippen LogP contribution in [0.25, 0.3) is 0 Å². The first-order valence-corrected chi connectivity index (χ1v) is 7.07. The molecule has 1 aliphatic heterocycles. The number of hydrogen-bond acceptors (Lipinski definition) is 5. The van der Waals surface area contributed by atoms with Gasteiger partial charge in [-0.1, -0.05) is 11.8 Å². The predicted octanol–water partition coefficient (Wildman–Crippen LogP) is 1.75. The number of carbonyl (C=O) groups excluding carboxylic acids is 1. The van der Waals surface area contributed by atoms with Crippen molar-refractivity contribution in [2.75, 3.05) is 12.8 Å². The van der Waals surface area contributed by atoms with E-state index < -0.39 is 5.60 Å². The quantitative estimate of drug-likeness (QED) is 0.728. The summed E-state index contributed by atoms with van der Waals surface area (Å²) >= 11 is 1.56. The first-order valence-electron chi connectivity index (χ1n) is 5.85.